The monoisotopic (exact) mass is 238 g/mol. The molecule has 3 heteroatoms. The fourth-order valence-electron chi connectivity index (χ4n) is 2.94. The lowest BCUT2D eigenvalue weighted by atomic mass is 9.83. The molecule has 2 aliphatic carbocycles. The van der Waals surface area contributed by atoms with Crippen LogP contribution < -0.4 is 5.32 Å². The summed E-state index contributed by atoms with van der Waals surface area (Å²) < 4.78 is 0. The van der Waals surface area contributed by atoms with Gasteiger partial charge < -0.3 is 5.32 Å². The van der Waals surface area contributed by atoms with E-state index in [4.69, 9.17) is 4.99 Å². The predicted molar refractivity (Wildman–Crippen MR) is 71.0 cm³/mol. The zero-order chi connectivity index (χ0) is 11.0. The van der Waals surface area contributed by atoms with Crippen LogP contribution in [0.25, 0.3) is 0 Å². The Morgan fingerprint density at radius 1 is 1.38 bits per heavy atom. The number of nitrogens with zero attached hydrogens (tertiary/aromatic N) is 1. The van der Waals surface area contributed by atoms with Gasteiger partial charge in [-0.1, -0.05) is 37.9 Å². The first-order valence-electron chi connectivity index (χ1n) is 6.73. The molecule has 0 aromatic rings. The van der Waals surface area contributed by atoms with Gasteiger partial charge in [0.1, 0.15) is 0 Å². The Balaban J connectivity index is 1.55. The first-order valence-corrected chi connectivity index (χ1v) is 7.71. The summed E-state index contributed by atoms with van der Waals surface area (Å²) in [5.41, 5.74) is 0.427. The molecule has 0 radical (unpaired) electrons. The van der Waals surface area contributed by atoms with Gasteiger partial charge in [-0.3, -0.25) is 4.99 Å². The van der Waals surface area contributed by atoms with Crippen molar-refractivity contribution in [2.45, 2.75) is 51.0 Å². The van der Waals surface area contributed by atoms with Crippen molar-refractivity contribution in [2.24, 2.45) is 16.8 Å². The van der Waals surface area contributed by atoms with Crippen LogP contribution in [-0.2, 0) is 0 Å². The summed E-state index contributed by atoms with van der Waals surface area (Å²) in [6.07, 6.45) is 8.35. The van der Waals surface area contributed by atoms with Crippen LogP contribution in [0.5, 0.6) is 0 Å². The van der Waals surface area contributed by atoms with Gasteiger partial charge in [-0.15, -0.1) is 0 Å². The average molecular weight is 238 g/mol. The van der Waals surface area contributed by atoms with E-state index in [0.717, 1.165) is 18.4 Å². The molecule has 0 aromatic heterocycles. The van der Waals surface area contributed by atoms with Crippen LogP contribution >= 0.6 is 11.8 Å². The fourth-order valence-corrected chi connectivity index (χ4v) is 4.17. The highest BCUT2D eigenvalue weighted by atomic mass is 32.2. The van der Waals surface area contributed by atoms with Crippen molar-refractivity contribution in [2.75, 3.05) is 12.3 Å². The van der Waals surface area contributed by atoms with Crippen molar-refractivity contribution in [3.63, 3.8) is 0 Å². The van der Waals surface area contributed by atoms with Crippen LogP contribution in [-0.4, -0.2) is 23.0 Å². The highest BCUT2D eigenvalue weighted by Gasteiger charge is 2.38. The van der Waals surface area contributed by atoms with Crippen LogP contribution in [0.1, 0.15) is 45.4 Å². The molecule has 1 N–H and O–H groups in total. The molecule has 1 heterocycles. The SMILES string of the molecule is CC1CC1CN=C1NC2(CCCCC2)CS1. The molecular weight excluding hydrogens is 216 g/mol. The Hall–Kier alpha value is -0.180. The predicted octanol–water partition coefficient (Wildman–Crippen LogP) is 3.04. The van der Waals surface area contributed by atoms with E-state index in [0.29, 0.717) is 5.54 Å². The number of aliphatic imine (C=N–C) groups is 1. The maximum Gasteiger partial charge on any atom is 0.157 e. The molecule has 0 aromatic carbocycles. The van der Waals surface area contributed by atoms with E-state index in [2.05, 4.69) is 12.2 Å². The van der Waals surface area contributed by atoms with E-state index in [1.165, 1.54) is 49.4 Å². The minimum atomic E-state index is 0.427. The van der Waals surface area contributed by atoms with Gasteiger partial charge in [-0.2, -0.15) is 0 Å². The highest BCUT2D eigenvalue weighted by Crippen LogP contribution is 2.39. The summed E-state index contributed by atoms with van der Waals surface area (Å²) in [7, 11) is 0. The number of thioether (sulfide) groups is 1. The largest absolute Gasteiger partial charge is 0.359 e. The molecule has 16 heavy (non-hydrogen) atoms. The highest BCUT2D eigenvalue weighted by molar-refractivity contribution is 8.14. The number of amidine groups is 1. The summed E-state index contributed by atoms with van der Waals surface area (Å²) in [4.78, 5) is 4.75. The molecule has 1 spiro atoms. The molecule has 0 amide bonds. The third-order valence-corrected chi connectivity index (χ3v) is 5.62. The molecule has 1 aliphatic heterocycles. The standard InChI is InChI=1S/C13H22N2S/c1-10-7-11(10)8-14-12-15-13(9-16-12)5-3-2-4-6-13/h10-11H,2-9H2,1H3,(H,14,15). The summed E-state index contributed by atoms with van der Waals surface area (Å²) in [5, 5.41) is 4.95. The molecule has 0 bridgehead atoms. The second kappa shape index (κ2) is 4.25. The van der Waals surface area contributed by atoms with Crippen molar-refractivity contribution < 1.29 is 0 Å². The third-order valence-electron chi connectivity index (χ3n) is 4.41. The van der Waals surface area contributed by atoms with Crippen LogP contribution in [0.3, 0.4) is 0 Å². The van der Waals surface area contributed by atoms with Crippen molar-refractivity contribution >= 4 is 16.9 Å². The first kappa shape index (κ1) is 10.9. The van der Waals surface area contributed by atoms with E-state index in [9.17, 15) is 0 Å². The van der Waals surface area contributed by atoms with Gasteiger partial charge in [-0.05, 0) is 31.1 Å². The molecule has 2 saturated carbocycles. The lowest BCUT2D eigenvalue weighted by Crippen LogP contribution is -2.45. The third kappa shape index (κ3) is 2.24. The van der Waals surface area contributed by atoms with E-state index in [1.54, 1.807) is 0 Å². The van der Waals surface area contributed by atoms with Crippen LogP contribution in [0.2, 0.25) is 0 Å². The van der Waals surface area contributed by atoms with E-state index in [1.807, 2.05) is 11.8 Å². The van der Waals surface area contributed by atoms with E-state index < -0.39 is 0 Å². The Labute approximate surface area is 103 Å². The van der Waals surface area contributed by atoms with Crippen LogP contribution in [0, 0.1) is 11.8 Å². The Kier molecular flexibility index (Phi) is 2.90. The number of rotatable bonds is 2. The van der Waals surface area contributed by atoms with Crippen molar-refractivity contribution in [1.29, 1.82) is 0 Å². The molecule has 2 atom stereocenters. The topological polar surface area (TPSA) is 24.4 Å². The lowest BCUT2D eigenvalue weighted by molar-refractivity contribution is 0.303. The first-order chi connectivity index (χ1) is 7.77. The average Bonchev–Trinajstić information content (AvgIpc) is 2.87. The molecule has 3 fully saturated rings. The normalized spacial score (nSPS) is 38.9. The van der Waals surface area contributed by atoms with Gasteiger partial charge in [0.15, 0.2) is 5.17 Å². The quantitative estimate of drug-likeness (QED) is 0.799. The number of hydrogen-bond acceptors (Lipinski definition) is 2. The zero-order valence-electron chi connectivity index (χ0n) is 10.2. The van der Waals surface area contributed by atoms with Gasteiger partial charge in [0.25, 0.3) is 0 Å². The number of nitrogens with one attached hydrogen (secondary N) is 1. The Bertz CT molecular complexity index is 294. The molecule has 2 nitrogen and oxygen atoms in total. The zero-order valence-corrected chi connectivity index (χ0v) is 11.0. The van der Waals surface area contributed by atoms with E-state index in [-0.39, 0.29) is 0 Å². The van der Waals surface area contributed by atoms with Gasteiger partial charge in [0.2, 0.25) is 0 Å². The van der Waals surface area contributed by atoms with Crippen molar-refractivity contribution in [3.8, 4) is 0 Å². The number of hydrogen-bond donors (Lipinski definition) is 1. The van der Waals surface area contributed by atoms with Crippen LogP contribution in [0.15, 0.2) is 4.99 Å². The Morgan fingerprint density at radius 2 is 2.12 bits per heavy atom. The molecule has 3 aliphatic rings. The lowest BCUT2D eigenvalue weighted by Gasteiger charge is -2.32. The van der Waals surface area contributed by atoms with Crippen LogP contribution in [0.4, 0.5) is 0 Å². The summed E-state index contributed by atoms with van der Waals surface area (Å²) in [6.45, 7) is 3.40. The molecule has 1 saturated heterocycles. The maximum atomic E-state index is 4.75. The second-order valence-corrected chi connectivity index (χ2v) is 6.84. The van der Waals surface area contributed by atoms with Gasteiger partial charge in [0.05, 0.1) is 0 Å². The molecule has 90 valence electrons. The van der Waals surface area contributed by atoms with Gasteiger partial charge >= 0.3 is 0 Å². The Morgan fingerprint density at radius 3 is 2.81 bits per heavy atom. The van der Waals surface area contributed by atoms with Gasteiger partial charge in [0, 0.05) is 17.8 Å². The van der Waals surface area contributed by atoms with Gasteiger partial charge in [-0.25, -0.2) is 0 Å². The summed E-state index contributed by atoms with van der Waals surface area (Å²) in [6, 6.07) is 0. The molecular formula is C13H22N2S. The summed E-state index contributed by atoms with van der Waals surface area (Å²) in [5.74, 6) is 3.07. The minimum absolute atomic E-state index is 0.427. The van der Waals surface area contributed by atoms with Crippen molar-refractivity contribution in [1.82, 2.24) is 5.32 Å². The fraction of sp³-hybridized carbons (Fsp3) is 0.923. The second-order valence-electron chi connectivity index (χ2n) is 5.87. The molecule has 3 rings (SSSR count). The molecule has 2 unspecified atom stereocenters. The smallest absolute Gasteiger partial charge is 0.157 e. The minimum Gasteiger partial charge on any atom is -0.359 e. The van der Waals surface area contributed by atoms with Crippen molar-refractivity contribution in [3.05, 3.63) is 0 Å². The van der Waals surface area contributed by atoms with E-state index >= 15 is 0 Å². The maximum absolute atomic E-state index is 4.75. The summed E-state index contributed by atoms with van der Waals surface area (Å²) >= 11 is 1.96.